The summed E-state index contributed by atoms with van der Waals surface area (Å²) in [5.74, 6) is -4.55. The molecule has 0 radical (unpaired) electrons. The third-order valence-electron chi connectivity index (χ3n) is 11.4. The monoisotopic (exact) mass is 988 g/mol. The molecule has 0 aliphatic carbocycles. The molecule has 2 aliphatic rings. The molecule has 2 aliphatic heterocycles. The summed E-state index contributed by atoms with van der Waals surface area (Å²) in [6.07, 6.45) is 0. The van der Waals surface area contributed by atoms with Crippen molar-refractivity contribution in [2.75, 3.05) is 23.0 Å². The number of benzene rings is 4. The lowest BCUT2D eigenvalue weighted by Gasteiger charge is -2.38. The van der Waals surface area contributed by atoms with Crippen molar-refractivity contribution in [3.05, 3.63) is 101 Å². The zero-order chi connectivity index (χ0) is 49.7. The first-order chi connectivity index (χ1) is 31.4. The molecular weight excluding hydrogens is 944 g/mol. The number of aryl methyl sites for hydroxylation is 1. The summed E-state index contributed by atoms with van der Waals surface area (Å²) in [4.78, 5) is 27.0. The zero-order valence-corrected chi connectivity index (χ0v) is 39.1. The number of nitrogens with zero attached hydrogens (tertiary/aromatic N) is 4. The van der Waals surface area contributed by atoms with E-state index in [9.17, 15) is 49.1 Å². The second-order valence-corrected chi connectivity index (χ2v) is 22.8. The second kappa shape index (κ2) is 16.4. The van der Waals surface area contributed by atoms with E-state index in [1.807, 2.05) is 0 Å². The number of ether oxygens (including phenoxy) is 3. The summed E-state index contributed by atoms with van der Waals surface area (Å²) >= 11 is 0. The van der Waals surface area contributed by atoms with E-state index in [4.69, 9.17) is 14.6 Å². The van der Waals surface area contributed by atoms with Gasteiger partial charge in [-0.1, -0.05) is 6.07 Å². The zero-order valence-electron chi connectivity index (χ0n) is 37.5. The number of hydrogen-bond donors (Lipinski definition) is 3. The van der Waals surface area contributed by atoms with E-state index in [1.165, 1.54) is 67.9 Å². The van der Waals surface area contributed by atoms with Crippen LogP contribution in [0.3, 0.4) is 0 Å². The highest BCUT2D eigenvalue weighted by Gasteiger charge is 2.47. The molecule has 6 aromatic rings. The number of halogens is 5. The predicted octanol–water partition coefficient (Wildman–Crippen LogP) is 6.39. The maximum atomic E-state index is 16.3. The van der Waals surface area contributed by atoms with Gasteiger partial charge < -0.3 is 30.0 Å². The van der Waals surface area contributed by atoms with Gasteiger partial charge in [0.1, 0.15) is 39.7 Å². The van der Waals surface area contributed by atoms with Crippen LogP contribution in [0.25, 0.3) is 33.2 Å². The van der Waals surface area contributed by atoms with E-state index in [0.717, 1.165) is 16.8 Å². The number of amides is 2. The number of nitrogens with one attached hydrogen (secondary N) is 2. The standard InChI is InChI=1S/C45H45F5N6O10S2/c1-23-13-24(38(57)51-44(6)19-67(60,61)20-44)14-29-34(23)55(26-9-8-10-28(17-26)64-40(47)48)54-37(29)43(4,5)66-32-12-11-27(18-33(32)65-41(49)50)56-35-30(36(53-56)42(2,3)59)15-25(16-31(35)46)39(58)52-45(7)21-68(62,63)22-45/h8-18,40-41,59H,19-22H2,1-7H3,(H,51,57)(H,52,58). The molecule has 0 saturated carbocycles. The summed E-state index contributed by atoms with van der Waals surface area (Å²) in [5, 5.41) is 26.1. The average molecular weight is 989 g/mol. The number of alkyl halides is 4. The van der Waals surface area contributed by atoms with Gasteiger partial charge in [0, 0.05) is 34.0 Å². The van der Waals surface area contributed by atoms with Crippen LogP contribution in [0.4, 0.5) is 22.0 Å². The fourth-order valence-corrected chi connectivity index (χ4v) is 12.9. The minimum absolute atomic E-state index is 0.0178. The molecule has 362 valence electrons. The highest BCUT2D eigenvalue weighted by Crippen LogP contribution is 2.41. The van der Waals surface area contributed by atoms with E-state index < -0.39 is 78.6 Å². The van der Waals surface area contributed by atoms with Crippen molar-refractivity contribution in [1.29, 1.82) is 0 Å². The molecule has 0 bridgehead atoms. The molecule has 68 heavy (non-hydrogen) atoms. The molecule has 4 heterocycles. The van der Waals surface area contributed by atoms with Crippen LogP contribution in [0.5, 0.6) is 17.2 Å². The number of rotatable bonds is 14. The van der Waals surface area contributed by atoms with Crippen molar-refractivity contribution in [2.45, 2.75) is 84.0 Å². The van der Waals surface area contributed by atoms with E-state index in [0.29, 0.717) is 16.5 Å². The molecule has 3 N–H and O–H groups in total. The summed E-state index contributed by atoms with van der Waals surface area (Å²) in [6.45, 7) is 4.07. The summed E-state index contributed by atoms with van der Waals surface area (Å²) < 4.78 is 138. The number of aliphatic hydroxyl groups is 1. The van der Waals surface area contributed by atoms with Gasteiger partial charge in [0.25, 0.3) is 11.8 Å². The third kappa shape index (κ3) is 9.42. The van der Waals surface area contributed by atoms with Crippen LogP contribution in [-0.4, -0.2) is 101 Å². The van der Waals surface area contributed by atoms with Gasteiger partial charge in [-0.3, -0.25) is 9.59 Å². The number of carbonyl (C=O) groups excluding carboxylic acids is 2. The lowest BCUT2D eigenvalue weighted by molar-refractivity contribution is -0.0534. The van der Waals surface area contributed by atoms with Crippen molar-refractivity contribution in [3.8, 4) is 28.6 Å². The largest absolute Gasteiger partial charge is 0.478 e. The number of aromatic nitrogens is 4. The third-order valence-corrected chi connectivity index (χ3v) is 15.7. The van der Waals surface area contributed by atoms with E-state index in [-0.39, 0.29) is 79.3 Å². The van der Waals surface area contributed by atoms with Crippen LogP contribution in [0.2, 0.25) is 0 Å². The molecule has 0 spiro atoms. The van der Waals surface area contributed by atoms with Gasteiger partial charge in [0.15, 0.2) is 31.2 Å². The maximum Gasteiger partial charge on any atom is 0.387 e. The molecule has 4 aromatic carbocycles. The Morgan fingerprint density at radius 2 is 1.22 bits per heavy atom. The van der Waals surface area contributed by atoms with Crippen LogP contribution in [0, 0.1) is 12.7 Å². The van der Waals surface area contributed by atoms with E-state index in [1.54, 1.807) is 39.8 Å². The number of carbonyl (C=O) groups is 2. The van der Waals surface area contributed by atoms with E-state index in [2.05, 4.69) is 20.5 Å². The topological polar surface area (TPSA) is 210 Å². The molecule has 16 nitrogen and oxygen atoms in total. The normalized spacial score (nSPS) is 17.2. The van der Waals surface area contributed by atoms with Gasteiger partial charge in [-0.05, 0) is 103 Å². The Morgan fingerprint density at radius 1 is 0.706 bits per heavy atom. The Balaban J connectivity index is 1.21. The van der Waals surface area contributed by atoms with Gasteiger partial charge in [-0.2, -0.15) is 27.8 Å². The second-order valence-electron chi connectivity index (χ2n) is 18.7. The van der Waals surface area contributed by atoms with Crippen molar-refractivity contribution in [2.24, 2.45) is 0 Å². The van der Waals surface area contributed by atoms with Gasteiger partial charge in [-0.25, -0.2) is 30.6 Å². The SMILES string of the molecule is Cc1cc(C(=O)NC2(C)CS(=O)(=O)C2)cc2c(C(C)(C)Oc3ccc(-n4nc(C(C)(C)O)c5cc(C(=O)NC6(C)CS(=O)(=O)C6)cc(F)c54)cc3OC(F)F)nn(-c3cccc(OC(F)F)c3)c12. The van der Waals surface area contributed by atoms with Crippen LogP contribution in [0.1, 0.15) is 79.2 Å². The first kappa shape index (κ1) is 48.1. The maximum absolute atomic E-state index is 16.3. The van der Waals surface area contributed by atoms with Gasteiger partial charge in [0.2, 0.25) is 0 Å². The number of fused-ring (bicyclic) bond motifs is 2. The Labute approximate surface area is 386 Å². The number of sulfone groups is 2. The molecule has 0 atom stereocenters. The van der Waals surface area contributed by atoms with Crippen LogP contribution < -0.4 is 24.8 Å². The Bertz CT molecular complexity index is 3270. The molecule has 2 amide bonds. The highest BCUT2D eigenvalue weighted by atomic mass is 32.2. The minimum atomic E-state index is -3.42. The quantitative estimate of drug-likeness (QED) is 0.101. The first-order valence-electron chi connectivity index (χ1n) is 20.8. The first-order valence-corrected chi connectivity index (χ1v) is 24.5. The molecule has 2 aromatic heterocycles. The van der Waals surface area contributed by atoms with Crippen molar-refractivity contribution in [1.82, 2.24) is 30.2 Å². The van der Waals surface area contributed by atoms with Crippen LogP contribution in [-0.2, 0) is 30.9 Å². The lowest BCUT2D eigenvalue weighted by atomic mass is 9.97. The van der Waals surface area contributed by atoms with E-state index >= 15 is 4.39 Å². The van der Waals surface area contributed by atoms with Crippen molar-refractivity contribution >= 4 is 53.3 Å². The molecule has 0 unspecified atom stereocenters. The summed E-state index contributed by atoms with van der Waals surface area (Å²) in [6, 6.07) is 14.6. The van der Waals surface area contributed by atoms with Crippen molar-refractivity contribution < 1.29 is 67.7 Å². The smallest absolute Gasteiger partial charge is 0.387 e. The van der Waals surface area contributed by atoms with Crippen molar-refractivity contribution in [3.63, 3.8) is 0 Å². The van der Waals surface area contributed by atoms with Gasteiger partial charge in [0.05, 0.1) is 51.0 Å². The molecule has 2 saturated heterocycles. The minimum Gasteiger partial charge on any atom is -0.478 e. The Kier molecular flexibility index (Phi) is 11.6. The Morgan fingerprint density at radius 3 is 1.76 bits per heavy atom. The molecular formula is C45H45F5N6O10S2. The van der Waals surface area contributed by atoms with Gasteiger partial charge >= 0.3 is 13.2 Å². The fraction of sp³-hybridized carbons (Fsp3) is 0.378. The summed E-state index contributed by atoms with van der Waals surface area (Å²) in [5.41, 5.74) is -4.71. The highest BCUT2D eigenvalue weighted by molar-refractivity contribution is 7.93. The Hall–Kier alpha value is -6.33. The lowest BCUT2D eigenvalue weighted by Crippen LogP contribution is -2.63. The molecule has 2 fully saturated rings. The summed E-state index contributed by atoms with van der Waals surface area (Å²) in [7, 11) is -6.67. The average Bonchev–Trinajstić information content (AvgIpc) is 3.78. The van der Waals surface area contributed by atoms with Crippen LogP contribution >= 0.6 is 0 Å². The predicted molar refractivity (Wildman–Crippen MR) is 238 cm³/mol. The fourth-order valence-electron chi connectivity index (χ4n) is 8.89. The van der Waals surface area contributed by atoms with Crippen LogP contribution in [0.15, 0.2) is 66.7 Å². The number of hydrogen-bond acceptors (Lipinski definition) is 12. The molecule has 8 rings (SSSR count). The van der Waals surface area contributed by atoms with Gasteiger partial charge in [-0.15, -0.1) is 0 Å². The molecule has 23 heteroatoms.